The monoisotopic (exact) mass is 476 g/mol. The lowest BCUT2D eigenvalue weighted by Crippen LogP contribution is -2.55. The molecule has 2 saturated carbocycles. The van der Waals surface area contributed by atoms with Crippen molar-refractivity contribution in [2.75, 3.05) is 11.5 Å². The fourth-order valence-electron chi connectivity index (χ4n) is 8.15. The summed E-state index contributed by atoms with van der Waals surface area (Å²) in [5, 5.41) is 8.22. The zero-order chi connectivity index (χ0) is 23.2. The predicted octanol–water partition coefficient (Wildman–Crippen LogP) is 7.67. The predicted molar refractivity (Wildman–Crippen MR) is 147 cm³/mol. The molecule has 2 aliphatic heterocycles. The molecule has 4 aliphatic rings. The Kier molecular flexibility index (Phi) is 10.4. The van der Waals surface area contributed by atoms with E-state index in [1.165, 1.54) is 101 Å². The van der Waals surface area contributed by atoms with Gasteiger partial charge in [0, 0.05) is 24.2 Å². The summed E-state index contributed by atoms with van der Waals surface area (Å²) < 4.78 is 0. The van der Waals surface area contributed by atoms with Gasteiger partial charge in [0.2, 0.25) is 0 Å². The van der Waals surface area contributed by atoms with E-state index in [0.29, 0.717) is 0 Å². The smallest absolute Gasteiger partial charge is 0.0101 e. The van der Waals surface area contributed by atoms with E-state index in [4.69, 9.17) is 0 Å². The average Bonchev–Trinajstić information content (AvgIpc) is 2.86. The molecule has 0 aromatic heterocycles. The second-order valence-electron chi connectivity index (χ2n) is 12.6. The van der Waals surface area contributed by atoms with Gasteiger partial charge in [-0.1, -0.05) is 66.2 Å². The zero-order valence-corrected chi connectivity index (χ0v) is 23.3. The summed E-state index contributed by atoms with van der Waals surface area (Å²) in [6.07, 6.45) is 20.3. The van der Waals surface area contributed by atoms with Gasteiger partial charge in [0.1, 0.15) is 0 Å². The van der Waals surface area contributed by atoms with E-state index in [-0.39, 0.29) is 0 Å². The number of thioether (sulfide) groups is 1. The molecule has 10 unspecified atom stereocenters. The zero-order valence-electron chi connectivity index (χ0n) is 22.5. The SMILES string of the molecule is CCC(C)C1CC(CCSCCC2CC(C(C)CC)NC3CCCCC23)C2CCCCC2N1. The first kappa shape index (κ1) is 26.3. The van der Waals surface area contributed by atoms with Crippen molar-refractivity contribution >= 4 is 11.8 Å². The van der Waals surface area contributed by atoms with Crippen molar-refractivity contribution in [1.82, 2.24) is 10.6 Å². The maximum absolute atomic E-state index is 4.11. The Bertz CT molecular complexity index is 519. The van der Waals surface area contributed by atoms with Crippen LogP contribution in [0.1, 0.15) is 118 Å². The quantitative estimate of drug-likeness (QED) is 0.316. The normalized spacial score (nSPS) is 41.1. The fraction of sp³-hybridized carbons (Fsp3) is 1.00. The van der Waals surface area contributed by atoms with Gasteiger partial charge in [-0.3, -0.25) is 0 Å². The Morgan fingerprint density at radius 3 is 1.52 bits per heavy atom. The lowest BCUT2D eigenvalue weighted by molar-refractivity contribution is 0.0858. The minimum atomic E-state index is 0.778. The van der Waals surface area contributed by atoms with E-state index < -0.39 is 0 Å². The van der Waals surface area contributed by atoms with E-state index in [9.17, 15) is 0 Å². The van der Waals surface area contributed by atoms with Crippen molar-refractivity contribution < 1.29 is 0 Å². The van der Waals surface area contributed by atoms with Gasteiger partial charge in [0.25, 0.3) is 0 Å². The molecule has 4 rings (SSSR count). The largest absolute Gasteiger partial charge is 0.311 e. The minimum absolute atomic E-state index is 0.778. The molecule has 3 heteroatoms. The van der Waals surface area contributed by atoms with Gasteiger partial charge in [-0.15, -0.1) is 0 Å². The molecule has 2 nitrogen and oxygen atoms in total. The van der Waals surface area contributed by atoms with Crippen LogP contribution in [0, 0.1) is 35.5 Å². The maximum atomic E-state index is 4.11. The van der Waals surface area contributed by atoms with Crippen molar-refractivity contribution in [1.29, 1.82) is 0 Å². The van der Waals surface area contributed by atoms with Crippen LogP contribution in [0.5, 0.6) is 0 Å². The molecule has 0 aromatic carbocycles. The maximum Gasteiger partial charge on any atom is 0.0101 e. The van der Waals surface area contributed by atoms with Crippen LogP contribution >= 0.6 is 11.8 Å². The molecule has 33 heavy (non-hydrogen) atoms. The van der Waals surface area contributed by atoms with Gasteiger partial charge >= 0.3 is 0 Å². The van der Waals surface area contributed by atoms with E-state index in [1.807, 2.05) is 0 Å². The molecular formula is C30H56N2S. The van der Waals surface area contributed by atoms with Crippen molar-refractivity contribution in [2.45, 2.75) is 142 Å². The highest BCUT2D eigenvalue weighted by molar-refractivity contribution is 7.99. The summed E-state index contributed by atoms with van der Waals surface area (Å²) >= 11 is 2.31. The molecule has 0 spiro atoms. The number of hydrogen-bond donors (Lipinski definition) is 2. The van der Waals surface area contributed by atoms with Crippen LogP contribution in [-0.2, 0) is 0 Å². The van der Waals surface area contributed by atoms with Crippen molar-refractivity contribution in [3.8, 4) is 0 Å². The van der Waals surface area contributed by atoms with Gasteiger partial charge in [0.05, 0.1) is 0 Å². The third-order valence-corrected chi connectivity index (χ3v) is 11.8. The Morgan fingerprint density at radius 1 is 0.667 bits per heavy atom. The summed E-state index contributed by atoms with van der Waals surface area (Å²) in [6.45, 7) is 9.73. The van der Waals surface area contributed by atoms with E-state index in [0.717, 1.165) is 59.7 Å². The Labute approximate surface area is 211 Å². The minimum Gasteiger partial charge on any atom is -0.311 e. The van der Waals surface area contributed by atoms with Gasteiger partial charge in [-0.05, 0) is 98.4 Å². The van der Waals surface area contributed by atoms with Crippen LogP contribution in [0.2, 0.25) is 0 Å². The molecular weight excluding hydrogens is 420 g/mol. The van der Waals surface area contributed by atoms with Crippen molar-refractivity contribution in [3.05, 3.63) is 0 Å². The average molecular weight is 477 g/mol. The lowest BCUT2D eigenvalue weighted by Gasteiger charge is -2.47. The highest BCUT2D eigenvalue weighted by Gasteiger charge is 2.40. The molecule has 0 bridgehead atoms. The molecule has 192 valence electrons. The molecule has 2 aliphatic carbocycles. The number of fused-ring (bicyclic) bond motifs is 2. The first-order valence-electron chi connectivity index (χ1n) is 15.2. The summed E-state index contributed by atoms with van der Waals surface area (Å²) in [4.78, 5) is 0. The summed E-state index contributed by atoms with van der Waals surface area (Å²) in [6, 6.07) is 3.22. The van der Waals surface area contributed by atoms with Crippen LogP contribution in [0.15, 0.2) is 0 Å². The van der Waals surface area contributed by atoms with Crippen LogP contribution < -0.4 is 10.6 Å². The molecule has 0 amide bonds. The highest BCUT2D eigenvalue weighted by atomic mass is 32.2. The lowest BCUT2D eigenvalue weighted by atomic mass is 9.68. The Hall–Kier alpha value is 0.270. The molecule has 0 aromatic rings. The van der Waals surface area contributed by atoms with Crippen LogP contribution in [0.25, 0.3) is 0 Å². The molecule has 4 fully saturated rings. The molecule has 2 N–H and O–H groups in total. The van der Waals surface area contributed by atoms with Crippen LogP contribution in [-0.4, -0.2) is 35.7 Å². The number of piperidine rings is 2. The van der Waals surface area contributed by atoms with Crippen LogP contribution in [0.4, 0.5) is 0 Å². The summed E-state index contributed by atoms with van der Waals surface area (Å²) in [5.74, 6) is 8.42. The standard InChI is InChI=1S/C30H56N2S/c1-5-21(3)29-19-23(25-11-7-9-13-27(25)31-29)15-17-33-18-16-24-20-30(22(4)6-2)32-28-14-10-8-12-26(24)28/h21-32H,5-20H2,1-4H3. The van der Waals surface area contributed by atoms with Crippen LogP contribution in [0.3, 0.4) is 0 Å². The second-order valence-corrected chi connectivity index (χ2v) is 13.8. The highest BCUT2D eigenvalue weighted by Crippen LogP contribution is 2.42. The van der Waals surface area contributed by atoms with Gasteiger partial charge in [0.15, 0.2) is 0 Å². The fourth-order valence-corrected chi connectivity index (χ4v) is 9.29. The van der Waals surface area contributed by atoms with Crippen molar-refractivity contribution in [3.63, 3.8) is 0 Å². The number of nitrogens with one attached hydrogen (secondary N) is 2. The first-order valence-corrected chi connectivity index (χ1v) is 16.4. The summed E-state index contributed by atoms with van der Waals surface area (Å²) in [7, 11) is 0. The second kappa shape index (κ2) is 13.0. The van der Waals surface area contributed by atoms with E-state index in [2.05, 4.69) is 50.1 Å². The first-order chi connectivity index (χ1) is 16.1. The van der Waals surface area contributed by atoms with E-state index in [1.54, 1.807) is 0 Å². The topological polar surface area (TPSA) is 24.1 Å². The third-order valence-electron chi connectivity index (χ3n) is 10.7. The van der Waals surface area contributed by atoms with E-state index >= 15 is 0 Å². The Morgan fingerprint density at radius 2 is 1.09 bits per heavy atom. The molecule has 2 saturated heterocycles. The van der Waals surface area contributed by atoms with Gasteiger partial charge in [-0.2, -0.15) is 11.8 Å². The molecule has 0 radical (unpaired) electrons. The Balaban J connectivity index is 1.24. The number of hydrogen-bond acceptors (Lipinski definition) is 3. The number of rotatable bonds is 10. The van der Waals surface area contributed by atoms with Gasteiger partial charge < -0.3 is 10.6 Å². The van der Waals surface area contributed by atoms with Gasteiger partial charge in [-0.25, -0.2) is 0 Å². The third kappa shape index (κ3) is 6.73. The van der Waals surface area contributed by atoms with Crippen molar-refractivity contribution in [2.24, 2.45) is 35.5 Å². The molecule has 10 atom stereocenters. The summed E-state index contributed by atoms with van der Waals surface area (Å²) in [5.41, 5.74) is 0. The molecule has 2 heterocycles.